The van der Waals surface area contributed by atoms with Crippen molar-refractivity contribution in [3.8, 4) is 0 Å². The molecule has 2 atom stereocenters. The lowest BCUT2D eigenvalue weighted by molar-refractivity contribution is -0.124. The van der Waals surface area contributed by atoms with Crippen LogP contribution in [-0.4, -0.2) is 36.2 Å². The van der Waals surface area contributed by atoms with Gasteiger partial charge >= 0.3 is 0 Å². The van der Waals surface area contributed by atoms with Crippen molar-refractivity contribution in [2.24, 2.45) is 0 Å². The van der Waals surface area contributed by atoms with Gasteiger partial charge < -0.3 is 15.7 Å². The molecule has 4 nitrogen and oxygen atoms in total. The molecule has 0 aromatic carbocycles. The summed E-state index contributed by atoms with van der Waals surface area (Å²) in [6.07, 6.45) is 5.15. The molecule has 0 radical (unpaired) electrons. The van der Waals surface area contributed by atoms with Crippen LogP contribution in [0.5, 0.6) is 0 Å². The van der Waals surface area contributed by atoms with E-state index in [0.29, 0.717) is 0 Å². The maximum absolute atomic E-state index is 11.8. The highest BCUT2D eigenvalue weighted by Gasteiger charge is 2.20. The summed E-state index contributed by atoms with van der Waals surface area (Å²) in [4.78, 5) is 11.8. The van der Waals surface area contributed by atoms with Crippen LogP contribution in [0.25, 0.3) is 0 Å². The van der Waals surface area contributed by atoms with E-state index in [1.165, 1.54) is 6.42 Å². The summed E-state index contributed by atoms with van der Waals surface area (Å²) >= 11 is 0. The second-order valence-corrected chi connectivity index (χ2v) is 4.15. The van der Waals surface area contributed by atoms with E-state index in [9.17, 15) is 4.79 Å². The number of aliphatic hydroxyl groups is 1. The van der Waals surface area contributed by atoms with Crippen molar-refractivity contribution < 1.29 is 9.90 Å². The number of hydrogen-bond acceptors (Lipinski definition) is 3. The number of amides is 1. The Balaban J connectivity index is 2.36. The molecule has 0 saturated carbocycles. The highest BCUT2D eigenvalue weighted by Crippen LogP contribution is 2.08. The van der Waals surface area contributed by atoms with Gasteiger partial charge in [-0.15, -0.1) is 0 Å². The van der Waals surface area contributed by atoms with E-state index in [0.717, 1.165) is 32.2 Å². The number of carbonyl (C=O) groups excluding carboxylic acids is 1. The smallest absolute Gasteiger partial charge is 0.237 e. The van der Waals surface area contributed by atoms with E-state index in [-0.39, 0.29) is 24.6 Å². The molecule has 1 saturated heterocycles. The van der Waals surface area contributed by atoms with Crippen molar-refractivity contribution in [2.45, 2.75) is 51.1 Å². The Morgan fingerprint density at radius 1 is 1.53 bits per heavy atom. The Morgan fingerprint density at radius 3 is 3.00 bits per heavy atom. The van der Waals surface area contributed by atoms with Gasteiger partial charge in [0.05, 0.1) is 18.7 Å². The van der Waals surface area contributed by atoms with Crippen LogP contribution < -0.4 is 10.6 Å². The third kappa shape index (κ3) is 4.18. The van der Waals surface area contributed by atoms with Crippen molar-refractivity contribution in [1.82, 2.24) is 10.6 Å². The average molecular weight is 214 g/mol. The van der Waals surface area contributed by atoms with Gasteiger partial charge in [-0.2, -0.15) is 0 Å². The molecule has 1 rings (SSSR count). The van der Waals surface area contributed by atoms with Gasteiger partial charge in [-0.3, -0.25) is 4.79 Å². The summed E-state index contributed by atoms with van der Waals surface area (Å²) in [5, 5.41) is 15.1. The van der Waals surface area contributed by atoms with Gasteiger partial charge in [-0.1, -0.05) is 19.8 Å². The molecule has 1 unspecified atom stereocenters. The summed E-state index contributed by atoms with van der Waals surface area (Å²) in [6, 6.07) is -0.157. The Bertz CT molecular complexity index is 185. The molecule has 1 fully saturated rings. The lowest BCUT2D eigenvalue weighted by Gasteiger charge is -2.20. The molecular weight excluding hydrogens is 192 g/mol. The Kier molecular flexibility index (Phi) is 5.65. The minimum Gasteiger partial charge on any atom is -0.394 e. The minimum atomic E-state index is -0.0949. The number of carbonyl (C=O) groups is 1. The topological polar surface area (TPSA) is 61.4 Å². The maximum Gasteiger partial charge on any atom is 0.237 e. The molecule has 0 aromatic heterocycles. The molecule has 0 aromatic rings. The minimum absolute atomic E-state index is 0.0228. The fourth-order valence-corrected chi connectivity index (χ4v) is 1.83. The van der Waals surface area contributed by atoms with E-state index in [1.54, 1.807) is 0 Å². The molecule has 88 valence electrons. The lowest BCUT2D eigenvalue weighted by atomic mass is 10.1. The van der Waals surface area contributed by atoms with Crippen molar-refractivity contribution in [1.29, 1.82) is 0 Å². The highest BCUT2D eigenvalue weighted by atomic mass is 16.3. The summed E-state index contributed by atoms with van der Waals surface area (Å²) in [6.45, 7) is 2.91. The first kappa shape index (κ1) is 12.5. The van der Waals surface area contributed by atoms with E-state index < -0.39 is 0 Å². The summed E-state index contributed by atoms with van der Waals surface area (Å²) in [5.74, 6) is 0.0396. The molecule has 1 amide bonds. The first-order valence-electron chi connectivity index (χ1n) is 5.92. The van der Waals surface area contributed by atoms with Crippen molar-refractivity contribution >= 4 is 5.91 Å². The van der Waals surface area contributed by atoms with E-state index >= 15 is 0 Å². The first-order chi connectivity index (χ1) is 7.27. The van der Waals surface area contributed by atoms with Gasteiger partial charge in [-0.25, -0.2) is 0 Å². The third-order valence-electron chi connectivity index (χ3n) is 2.94. The predicted molar refractivity (Wildman–Crippen MR) is 59.6 cm³/mol. The first-order valence-corrected chi connectivity index (χ1v) is 5.92. The van der Waals surface area contributed by atoms with Crippen LogP contribution in [0.2, 0.25) is 0 Å². The summed E-state index contributed by atoms with van der Waals surface area (Å²) in [5.41, 5.74) is 0. The Morgan fingerprint density at radius 2 is 2.33 bits per heavy atom. The standard InChI is InChI=1S/C11H22N2O2/c1-2-9(8-14)13-11(15)10-6-4-3-5-7-12-10/h9-10,12,14H,2-8H2,1H3,(H,13,15)/t9-,10?/m1/s1. The fourth-order valence-electron chi connectivity index (χ4n) is 1.83. The van der Waals surface area contributed by atoms with Crippen molar-refractivity contribution in [3.63, 3.8) is 0 Å². The Labute approximate surface area is 91.4 Å². The molecule has 1 heterocycles. The number of aliphatic hydroxyl groups excluding tert-OH is 1. The normalized spacial score (nSPS) is 24.3. The number of nitrogens with one attached hydrogen (secondary N) is 2. The summed E-state index contributed by atoms with van der Waals surface area (Å²) < 4.78 is 0. The van der Waals surface area contributed by atoms with Gasteiger partial charge in [0.15, 0.2) is 0 Å². The van der Waals surface area contributed by atoms with Crippen molar-refractivity contribution in [3.05, 3.63) is 0 Å². The molecule has 3 N–H and O–H groups in total. The second kappa shape index (κ2) is 6.80. The highest BCUT2D eigenvalue weighted by molar-refractivity contribution is 5.82. The van der Waals surface area contributed by atoms with Crippen LogP contribution >= 0.6 is 0 Å². The van der Waals surface area contributed by atoms with Crippen molar-refractivity contribution in [2.75, 3.05) is 13.2 Å². The van der Waals surface area contributed by atoms with Gasteiger partial charge in [0.25, 0.3) is 0 Å². The monoisotopic (exact) mass is 214 g/mol. The second-order valence-electron chi connectivity index (χ2n) is 4.15. The van der Waals surface area contributed by atoms with Gasteiger partial charge in [-0.05, 0) is 25.8 Å². The van der Waals surface area contributed by atoms with Crippen LogP contribution in [0, 0.1) is 0 Å². The SMILES string of the molecule is CC[C@H](CO)NC(=O)C1CCCCCN1. The lowest BCUT2D eigenvalue weighted by Crippen LogP contribution is -2.48. The largest absolute Gasteiger partial charge is 0.394 e. The number of rotatable bonds is 4. The van der Waals surface area contributed by atoms with Crippen LogP contribution in [0.4, 0.5) is 0 Å². The average Bonchev–Trinajstić information content (AvgIpc) is 2.54. The maximum atomic E-state index is 11.8. The quantitative estimate of drug-likeness (QED) is 0.635. The summed E-state index contributed by atoms with van der Waals surface area (Å²) in [7, 11) is 0. The van der Waals surface area contributed by atoms with E-state index in [2.05, 4.69) is 10.6 Å². The zero-order valence-corrected chi connectivity index (χ0v) is 9.46. The van der Waals surface area contributed by atoms with Crippen LogP contribution in [0.3, 0.4) is 0 Å². The fraction of sp³-hybridized carbons (Fsp3) is 0.909. The molecule has 0 spiro atoms. The zero-order chi connectivity index (χ0) is 11.1. The van der Waals surface area contributed by atoms with E-state index in [4.69, 9.17) is 5.11 Å². The van der Waals surface area contributed by atoms with Crippen LogP contribution in [0.1, 0.15) is 39.0 Å². The Hall–Kier alpha value is -0.610. The van der Waals surface area contributed by atoms with Gasteiger partial charge in [0.1, 0.15) is 0 Å². The predicted octanol–water partition coefficient (Wildman–Crippen LogP) is 0.406. The molecular formula is C11H22N2O2. The molecule has 4 heteroatoms. The van der Waals surface area contributed by atoms with Gasteiger partial charge in [0, 0.05) is 0 Å². The number of hydrogen-bond donors (Lipinski definition) is 3. The van der Waals surface area contributed by atoms with Gasteiger partial charge in [0.2, 0.25) is 5.91 Å². The van der Waals surface area contributed by atoms with Crippen LogP contribution in [0.15, 0.2) is 0 Å². The molecule has 0 aliphatic carbocycles. The van der Waals surface area contributed by atoms with E-state index in [1.807, 2.05) is 6.92 Å². The van der Waals surface area contributed by atoms with Crippen LogP contribution in [-0.2, 0) is 4.79 Å². The zero-order valence-electron chi connectivity index (χ0n) is 9.46. The molecule has 1 aliphatic heterocycles. The molecule has 0 bridgehead atoms. The molecule has 15 heavy (non-hydrogen) atoms. The molecule has 1 aliphatic rings. The third-order valence-corrected chi connectivity index (χ3v) is 2.94.